The number of hydrogen-bond donors (Lipinski definition) is 0. The van der Waals surface area contributed by atoms with Gasteiger partial charge in [-0.3, -0.25) is 9.67 Å². The van der Waals surface area contributed by atoms with Crippen LogP contribution in [0.4, 0.5) is 0 Å². The lowest BCUT2D eigenvalue weighted by atomic mass is 10.4. The Morgan fingerprint density at radius 2 is 2.23 bits per heavy atom. The molecule has 0 aliphatic heterocycles. The molecule has 0 aliphatic carbocycles. The summed E-state index contributed by atoms with van der Waals surface area (Å²) in [6.07, 6.45) is 3.80. The van der Waals surface area contributed by atoms with E-state index in [9.17, 15) is 0 Å². The third-order valence-electron chi connectivity index (χ3n) is 1.90. The summed E-state index contributed by atoms with van der Waals surface area (Å²) in [5, 5.41) is 4.46. The topological polar surface area (TPSA) is 30.7 Å². The molecule has 0 N–H and O–H groups in total. The molecule has 4 heteroatoms. The van der Waals surface area contributed by atoms with Crippen LogP contribution in [0, 0.1) is 3.57 Å². The van der Waals surface area contributed by atoms with Gasteiger partial charge >= 0.3 is 0 Å². The molecule has 0 aliphatic rings. The highest BCUT2D eigenvalue weighted by atomic mass is 127. The molecule has 3 nitrogen and oxygen atoms in total. The van der Waals surface area contributed by atoms with Crippen molar-refractivity contribution in [3.8, 4) is 0 Å². The van der Waals surface area contributed by atoms with E-state index in [1.807, 2.05) is 23.1 Å². The largest absolute Gasteiger partial charge is 0.267 e. The van der Waals surface area contributed by atoms with Crippen LogP contribution in [-0.4, -0.2) is 14.8 Å². The zero-order valence-corrected chi connectivity index (χ0v) is 9.69. The average molecular weight is 287 g/mol. The Balaban J connectivity index is 2.68. The van der Waals surface area contributed by atoms with Crippen molar-refractivity contribution in [3.63, 3.8) is 0 Å². The van der Waals surface area contributed by atoms with Crippen molar-refractivity contribution in [2.75, 3.05) is 0 Å². The van der Waals surface area contributed by atoms with Crippen molar-refractivity contribution in [1.29, 1.82) is 0 Å². The summed E-state index contributed by atoms with van der Waals surface area (Å²) in [7, 11) is 0. The second kappa shape index (κ2) is 3.25. The Kier molecular flexibility index (Phi) is 2.23. The molecule has 0 atom stereocenters. The highest BCUT2D eigenvalue weighted by molar-refractivity contribution is 14.1. The molecule has 0 unspecified atom stereocenters. The Morgan fingerprint density at radius 1 is 1.46 bits per heavy atom. The van der Waals surface area contributed by atoms with Gasteiger partial charge in [-0.25, -0.2) is 0 Å². The van der Waals surface area contributed by atoms with Gasteiger partial charge in [0.1, 0.15) is 11.0 Å². The van der Waals surface area contributed by atoms with E-state index in [1.54, 1.807) is 0 Å². The normalized spacial score (nSPS) is 11.4. The third-order valence-corrected chi connectivity index (χ3v) is 2.77. The van der Waals surface area contributed by atoms with Gasteiger partial charge in [-0.15, -0.1) is 0 Å². The van der Waals surface area contributed by atoms with Crippen LogP contribution >= 0.6 is 22.6 Å². The van der Waals surface area contributed by atoms with Crippen LogP contribution in [0.15, 0.2) is 18.5 Å². The standard InChI is InChI=1S/C9H10IN3/c1-6(2)13-5-8-9(12-13)7(10)3-4-11-8/h3-6H,1-2H3. The quantitative estimate of drug-likeness (QED) is 0.755. The van der Waals surface area contributed by atoms with Crippen LogP contribution in [0.1, 0.15) is 19.9 Å². The van der Waals surface area contributed by atoms with Crippen LogP contribution < -0.4 is 0 Å². The van der Waals surface area contributed by atoms with Crippen LogP contribution in [0.5, 0.6) is 0 Å². The smallest absolute Gasteiger partial charge is 0.124 e. The van der Waals surface area contributed by atoms with Gasteiger partial charge in [0, 0.05) is 15.8 Å². The van der Waals surface area contributed by atoms with Crippen LogP contribution in [0.2, 0.25) is 0 Å². The van der Waals surface area contributed by atoms with Crippen molar-refractivity contribution in [2.24, 2.45) is 0 Å². The zero-order chi connectivity index (χ0) is 9.42. The highest BCUT2D eigenvalue weighted by Crippen LogP contribution is 2.17. The summed E-state index contributed by atoms with van der Waals surface area (Å²) >= 11 is 2.28. The monoisotopic (exact) mass is 287 g/mol. The number of rotatable bonds is 1. The Bertz CT molecular complexity index is 433. The van der Waals surface area contributed by atoms with Crippen LogP contribution in [0.25, 0.3) is 11.0 Å². The highest BCUT2D eigenvalue weighted by Gasteiger charge is 2.06. The van der Waals surface area contributed by atoms with E-state index in [2.05, 4.69) is 46.5 Å². The van der Waals surface area contributed by atoms with Crippen molar-refractivity contribution in [2.45, 2.75) is 19.9 Å². The predicted molar refractivity (Wildman–Crippen MR) is 60.6 cm³/mol. The molecule has 13 heavy (non-hydrogen) atoms. The van der Waals surface area contributed by atoms with Crippen molar-refractivity contribution in [3.05, 3.63) is 22.0 Å². The number of fused-ring (bicyclic) bond motifs is 1. The maximum atomic E-state index is 4.46. The van der Waals surface area contributed by atoms with E-state index in [-0.39, 0.29) is 0 Å². The lowest BCUT2D eigenvalue weighted by Crippen LogP contribution is -2.00. The molecule has 2 aromatic heterocycles. The molecule has 0 radical (unpaired) electrons. The Labute approximate surface area is 90.3 Å². The van der Waals surface area contributed by atoms with E-state index in [1.165, 1.54) is 0 Å². The summed E-state index contributed by atoms with van der Waals surface area (Å²) in [5.41, 5.74) is 1.97. The van der Waals surface area contributed by atoms with Crippen LogP contribution in [-0.2, 0) is 0 Å². The molecule has 0 saturated heterocycles. The van der Waals surface area contributed by atoms with Crippen molar-refractivity contribution < 1.29 is 0 Å². The van der Waals surface area contributed by atoms with Gasteiger partial charge in [0.05, 0.1) is 6.20 Å². The molecular weight excluding hydrogens is 277 g/mol. The second-order valence-corrected chi connectivity index (χ2v) is 4.39. The van der Waals surface area contributed by atoms with Crippen LogP contribution in [0.3, 0.4) is 0 Å². The average Bonchev–Trinajstić information content (AvgIpc) is 2.49. The molecule has 2 heterocycles. The lowest BCUT2D eigenvalue weighted by Gasteiger charge is -2.02. The first-order chi connectivity index (χ1) is 6.18. The molecule has 0 spiro atoms. The molecule has 0 aromatic carbocycles. The lowest BCUT2D eigenvalue weighted by molar-refractivity contribution is 0.537. The first-order valence-electron chi connectivity index (χ1n) is 4.18. The summed E-state index contributed by atoms with van der Waals surface area (Å²) in [6, 6.07) is 2.37. The minimum atomic E-state index is 0.394. The molecule has 2 rings (SSSR count). The molecule has 2 aromatic rings. The molecule has 68 valence electrons. The van der Waals surface area contributed by atoms with E-state index in [4.69, 9.17) is 0 Å². The number of hydrogen-bond acceptors (Lipinski definition) is 2. The summed E-state index contributed by atoms with van der Waals surface area (Å²) in [6.45, 7) is 4.22. The zero-order valence-electron chi connectivity index (χ0n) is 7.53. The Morgan fingerprint density at radius 3 is 2.85 bits per heavy atom. The molecular formula is C9H10IN3. The van der Waals surface area contributed by atoms with E-state index in [0.29, 0.717) is 6.04 Å². The second-order valence-electron chi connectivity index (χ2n) is 3.23. The minimum Gasteiger partial charge on any atom is -0.267 e. The van der Waals surface area contributed by atoms with E-state index < -0.39 is 0 Å². The summed E-state index contributed by atoms with van der Waals surface area (Å²) < 4.78 is 3.10. The molecule has 0 bridgehead atoms. The first-order valence-corrected chi connectivity index (χ1v) is 5.25. The fourth-order valence-corrected chi connectivity index (χ4v) is 1.72. The van der Waals surface area contributed by atoms with Gasteiger partial charge in [-0.1, -0.05) is 0 Å². The maximum Gasteiger partial charge on any atom is 0.124 e. The summed E-state index contributed by atoms with van der Waals surface area (Å²) in [4.78, 5) is 4.26. The number of halogens is 1. The minimum absolute atomic E-state index is 0.394. The van der Waals surface area contributed by atoms with E-state index >= 15 is 0 Å². The predicted octanol–water partition coefficient (Wildman–Crippen LogP) is 2.62. The van der Waals surface area contributed by atoms with Crippen molar-refractivity contribution >= 4 is 33.6 Å². The van der Waals surface area contributed by atoms with Crippen molar-refractivity contribution in [1.82, 2.24) is 14.8 Å². The van der Waals surface area contributed by atoms with Gasteiger partial charge in [-0.05, 0) is 42.5 Å². The molecule has 0 fully saturated rings. The van der Waals surface area contributed by atoms with Gasteiger partial charge < -0.3 is 0 Å². The summed E-state index contributed by atoms with van der Waals surface area (Å²) in [5.74, 6) is 0. The number of pyridine rings is 1. The SMILES string of the molecule is CC(C)n1cc2nccc(I)c2n1. The molecule has 0 saturated carbocycles. The van der Waals surface area contributed by atoms with Gasteiger partial charge in [0.25, 0.3) is 0 Å². The third kappa shape index (κ3) is 1.54. The molecule has 0 amide bonds. The fraction of sp³-hybridized carbons (Fsp3) is 0.333. The van der Waals surface area contributed by atoms with Gasteiger partial charge in [0.15, 0.2) is 0 Å². The fourth-order valence-electron chi connectivity index (χ4n) is 1.17. The maximum absolute atomic E-state index is 4.46. The number of aromatic nitrogens is 3. The van der Waals surface area contributed by atoms with Gasteiger partial charge in [-0.2, -0.15) is 5.10 Å². The number of nitrogens with zero attached hydrogens (tertiary/aromatic N) is 3. The Hall–Kier alpha value is -0.650. The first kappa shape index (κ1) is 8.93. The van der Waals surface area contributed by atoms with Gasteiger partial charge in [0.2, 0.25) is 0 Å². The van der Waals surface area contributed by atoms with E-state index in [0.717, 1.165) is 14.6 Å².